The minimum absolute atomic E-state index is 0.221. The van der Waals surface area contributed by atoms with E-state index in [0.29, 0.717) is 24.0 Å². The predicted octanol–water partition coefficient (Wildman–Crippen LogP) is 4.12. The third-order valence-electron chi connectivity index (χ3n) is 5.81. The molecule has 7 nitrogen and oxygen atoms in total. The van der Waals surface area contributed by atoms with E-state index in [0.717, 1.165) is 47.3 Å². The van der Waals surface area contributed by atoms with E-state index >= 15 is 0 Å². The number of para-hydroxylation sites is 1. The summed E-state index contributed by atoms with van der Waals surface area (Å²) in [6.45, 7) is 1.81. The van der Waals surface area contributed by atoms with Gasteiger partial charge in [-0.1, -0.05) is 18.2 Å². The van der Waals surface area contributed by atoms with Crippen LogP contribution >= 0.6 is 0 Å². The van der Waals surface area contributed by atoms with E-state index in [1.54, 1.807) is 6.33 Å². The molecule has 3 aromatic heterocycles. The number of fused-ring (bicyclic) bond motifs is 3. The van der Waals surface area contributed by atoms with E-state index in [-0.39, 0.29) is 6.61 Å². The number of furan rings is 1. The van der Waals surface area contributed by atoms with Gasteiger partial charge in [-0.2, -0.15) is 0 Å². The van der Waals surface area contributed by atoms with Gasteiger partial charge < -0.3 is 19.7 Å². The highest BCUT2D eigenvalue weighted by atomic mass is 16.3. The van der Waals surface area contributed by atoms with Gasteiger partial charge in [0.15, 0.2) is 11.4 Å². The Morgan fingerprint density at radius 2 is 2.03 bits per heavy atom. The van der Waals surface area contributed by atoms with E-state index in [1.807, 2.05) is 30.5 Å². The Labute approximate surface area is 174 Å². The van der Waals surface area contributed by atoms with Crippen molar-refractivity contribution in [1.29, 1.82) is 0 Å². The number of hydrogen-bond donors (Lipinski definition) is 2. The molecule has 1 aromatic carbocycles. The summed E-state index contributed by atoms with van der Waals surface area (Å²) >= 11 is 0. The van der Waals surface area contributed by atoms with E-state index in [2.05, 4.69) is 32.3 Å². The number of anilines is 2. The van der Waals surface area contributed by atoms with Crippen LogP contribution in [0.5, 0.6) is 0 Å². The van der Waals surface area contributed by atoms with Crippen molar-refractivity contribution in [2.75, 3.05) is 23.4 Å². The van der Waals surface area contributed by atoms with Crippen LogP contribution in [0.15, 0.2) is 53.3 Å². The second kappa shape index (κ2) is 8.28. The summed E-state index contributed by atoms with van der Waals surface area (Å²) in [6, 6.07) is 12.4. The van der Waals surface area contributed by atoms with Gasteiger partial charge in [0.25, 0.3) is 0 Å². The first-order valence-electron chi connectivity index (χ1n) is 10.5. The van der Waals surface area contributed by atoms with Gasteiger partial charge in [0.05, 0.1) is 0 Å². The number of pyridine rings is 1. The minimum atomic E-state index is 0.221. The topological polar surface area (TPSA) is 87.3 Å². The molecule has 1 saturated heterocycles. The highest BCUT2D eigenvalue weighted by Gasteiger charge is 2.23. The Morgan fingerprint density at radius 1 is 1.10 bits per heavy atom. The largest absolute Gasteiger partial charge is 0.450 e. The van der Waals surface area contributed by atoms with Crippen LogP contribution in [-0.2, 0) is 6.54 Å². The fraction of sp³-hybridized carbons (Fsp3) is 0.348. The SMILES string of the molecule is OCC[C@H]1CCCCN1c1ccc(CNc2ncnc3c2oc2ccccc23)cn1. The Hall–Kier alpha value is -3.19. The summed E-state index contributed by atoms with van der Waals surface area (Å²) in [6.07, 6.45) is 7.78. The quantitative estimate of drug-likeness (QED) is 0.501. The van der Waals surface area contributed by atoms with Crippen LogP contribution < -0.4 is 10.2 Å². The van der Waals surface area contributed by atoms with Gasteiger partial charge in [-0.05, 0) is 49.4 Å². The molecule has 0 aliphatic carbocycles. The summed E-state index contributed by atoms with van der Waals surface area (Å²) < 4.78 is 5.97. The number of aliphatic hydroxyl groups excluding tert-OH is 1. The monoisotopic (exact) mass is 403 g/mol. The highest BCUT2D eigenvalue weighted by Crippen LogP contribution is 2.30. The summed E-state index contributed by atoms with van der Waals surface area (Å²) in [5.74, 6) is 1.66. The number of aromatic nitrogens is 3. The molecule has 4 heterocycles. The number of hydrogen-bond acceptors (Lipinski definition) is 7. The van der Waals surface area contributed by atoms with E-state index in [9.17, 15) is 5.11 Å². The number of rotatable bonds is 6. The Kier molecular flexibility index (Phi) is 5.19. The van der Waals surface area contributed by atoms with Gasteiger partial charge in [-0.15, -0.1) is 0 Å². The molecule has 2 N–H and O–H groups in total. The lowest BCUT2D eigenvalue weighted by atomic mass is 9.99. The lowest BCUT2D eigenvalue weighted by molar-refractivity contribution is 0.262. The van der Waals surface area contributed by atoms with Crippen molar-refractivity contribution in [2.45, 2.75) is 38.3 Å². The van der Waals surface area contributed by atoms with Crippen molar-refractivity contribution in [1.82, 2.24) is 15.0 Å². The molecule has 0 unspecified atom stereocenters. The minimum Gasteiger partial charge on any atom is -0.450 e. The molecular weight excluding hydrogens is 378 g/mol. The van der Waals surface area contributed by atoms with Crippen LogP contribution in [0, 0.1) is 0 Å². The van der Waals surface area contributed by atoms with E-state index < -0.39 is 0 Å². The van der Waals surface area contributed by atoms with Crippen LogP contribution in [0.3, 0.4) is 0 Å². The maximum Gasteiger partial charge on any atom is 0.196 e. The van der Waals surface area contributed by atoms with Crippen LogP contribution in [-0.4, -0.2) is 39.3 Å². The van der Waals surface area contributed by atoms with Crippen LogP contribution in [0.4, 0.5) is 11.6 Å². The number of piperidine rings is 1. The summed E-state index contributed by atoms with van der Waals surface area (Å²) in [5, 5.41) is 13.7. The summed E-state index contributed by atoms with van der Waals surface area (Å²) in [4.78, 5) is 15.8. The molecule has 1 fully saturated rings. The lowest BCUT2D eigenvalue weighted by Gasteiger charge is -2.36. The Morgan fingerprint density at radius 3 is 2.90 bits per heavy atom. The molecule has 0 bridgehead atoms. The fourth-order valence-corrected chi connectivity index (χ4v) is 4.28. The maximum atomic E-state index is 9.35. The first kappa shape index (κ1) is 18.8. The second-order valence-electron chi connectivity index (χ2n) is 7.73. The van der Waals surface area contributed by atoms with Gasteiger partial charge in [-0.3, -0.25) is 0 Å². The van der Waals surface area contributed by atoms with Crippen molar-refractivity contribution in [2.24, 2.45) is 0 Å². The van der Waals surface area contributed by atoms with Gasteiger partial charge in [0, 0.05) is 37.3 Å². The maximum absolute atomic E-state index is 9.35. The zero-order chi connectivity index (χ0) is 20.3. The average molecular weight is 403 g/mol. The molecule has 30 heavy (non-hydrogen) atoms. The third kappa shape index (κ3) is 3.57. The second-order valence-corrected chi connectivity index (χ2v) is 7.73. The average Bonchev–Trinajstić information content (AvgIpc) is 3.18. The van der Waals surface area contributed by atoms with E-state index in [4.69, 9.17) is 9.40 Å². The van der Waals surface area contributed by atoms with Gasteiger partial charge in [0.1, 0.15) is 23.2 Å². The molecular formula is C23H25N5O2. The standard InChI is InChI=1S/C23H25N5O2/c29-12-10-17-5-3-4-11-28(17)20-9-8-16(13-24-20)14-25-23-22-21(26-15-27-23)18-6-1-2-7-19(18)30-22/h1-2,6-9,13,15,17,29H,3-5,10-12,14H2,(H,25,26,27)/t17-/m1/s1. The summed E-state index contributed by atoms with van der Waals surface area (Å²) in [5.41, 5.74) is 3.36. The number of benzene rings is 1. The molecule has 1 aliphatic heterocycles. The molecule has 1 aliphatic rings. The molecule has 154 valence electrons. The van der Waals surface area contributed by atoms with Crippen molar-refractivity contribution in [3.05, 3.63) is 54.5 Å². The van der Waals surface area contributed by atoms with Gasteiger partial charge in [-0.25, -0.2) is 15.0 Å². The van der Waals surface area contributed by atoms with Gasteiger partial charge in [0.2, 0.25) is 0 Å². The van der Waals surface area contributed by atoms with Gasteiger partial charge >= 0.3 is 0 Å². The van der Waals surface area contributed by atoms with Crippen LogP contribution in [0.25, 0.3) is 22.1 Å². The smallest absolute Gasteiger partial charge is 0.196 e. The third-order valence-corrected chi connectivity index (χ3v) is 5.81. The van der Waals surface area contributed by atoms with E-state index in [1.165, 1.54) is 12.8 Å². The number of nitrogens with zero attached hydrogens (tertiary/aromatic N) is 4. The molecule has 5 rings (SSSR count). The molecule has 0 spiro atoms. The van der Waals surface area contributed by atoms with Crippen molar-refractivity contribution in [3.63, 3.8) is 0 Å². The zero-order valence-electron chi connectivity index (χ0n) is 16.8. The first-order chi connectivity index (χ1) is 14.8. The molecule has 7 heteroatoms. The normalized spacial score (nSPS) is 17.0. The Bertz CT molecular complexity index is 1140. The van der Waals surface area contributed by atoms with Crippen LogP contribution in [0.1, 0.15) is 31.2 Å². The zero-order valence-corrected chi connectivity index (χ0v) is 16.8. The summed E-state index contributed by atoms with van der Waals surface area (Å²) in [7, 11) is 0. The number of aliphatic hydroxyl groups is 1. The molecule has 4 aromatic rings. The fourth-order valence-electron chi connectivity index (χ4n) is 4.28. The molecule has 0 amide bonds. The number of nitrogens with one attached hydrogen (secondary N) is 1. The van der Waals surface area contributed by atoms with Crippen molar-refractivity contribution >= 4 is 33.7 Å². The van der Waals surface area contributed by atoms with Crippen molar-refractivity contribution in [3.8, 4) is 0 Å². The lowest BCUT2D eigenvalue weighted by Crippen LogP contribution is -2.40. The van der Waals surface area contributed by atoms with Crippen molar-refractivity contribution < 1.29 is 9.52 Å². The molecule has 0 radical (unpaired) electrons. The molecule has 1 atom stereocenters. The molecule has 0 saturated carbocycles. The van der Waals surface area contributed by atoms with Crippen LogP contribution in [0.2, 0.25) is 0 Å². The predicted molar refractivity (Wildman–Crippen MR) is 118 cm³/mol. The highest BCUT2D eigenvalue weighted by molar-refractivity contribution is 6.05. The first-order valence-corrected chi connectivity index (χ1v) is 10.5. The Balaban J connectivity index is 1.32.